The zero-order chi connectivity index (χ0) is 17.4. The van der Waals surface area contributed by atoms with Gasteiger partial charge in [-0.25, -0.2) is 8.78 Å². The van der Waals surface area contributed by atoms with E-state index < -0.39 is 0 Å². The van der Waals surface area contributed by atoms with Crippen molar-refractivity contribution in [3.05, 3.63) is 71.3 Å². The quantitative estimate of drug-likeness (QED) is 0.619. The molecule has 0 radical (unpaired) electrons. The van der Waals surface area contributed by atoms with Crippen LogP contribution in [0.4, 0.5) is 8.78 Å². The molecule has 2 bridgehead atoms. The highest BCUT2D eigenvalue weighted by atomic mass is 19.1. The van der Waals surface area contributed by atoms with E-state index in [4.69, 9.17) is 0 Å². The van der Waals surface area contributed by atoms with Crippen molar-refractivity contribution in [3.63, 3.8) is 0 Å². The van der Waals surface area contributed by atoms with E-state index >= 15 is 0 Å². The summed E-state index contributed by atoms with van der Waals surface area (Å²) in [6.07, 6.45) is 2.91. The molecule has 5 heteroatoms. The summed E-state index contributed by atoms with van der Waals surface area (Å²) < 4.78 is 26.6. The fourth-order valence-electron chi connectivity index (χ4n) is 4.37. The van der Waals surface area contributed by atoms with Crippen molar-refractivity contribution in [3.8, 4) is 0 Å². The van der Waals surface area contributed by atoms with Gasteiger partial charge in [-0.15, -0.1) is 0 Å². The highest BCUT2D eigenvalue weighted by molar-refractivity contribution is 5.91. The van der Waals surface area contributed by atoms with Gasteiger partial charge in [0.2, 0.25) is 0 Å². The van der Waals surface area contributed by atoms with E-state index in [1.807, 2.05) is 0 Å². The number of fused-ring (bicyclic) bond motifs is 2. The second kappa shape index (κ2) is 6.56. The van der Waals surface area contributed by atoms with Crippen LogP contribution in [0.2, 0.25) is 0 Å². The Balaban J connectivity index is 1.74. The summed E-state index contributed by atoms with van der Waals surface area (Å²) in [5, 5.41) is 17.0. The number of halogens is 2. The monoisotopic (exact) mass is 342 g/mol. The summed E-state index contributed by atoms with van der Waals surface area (Å²) in [7, 11) is 0. The first-order chi connectivity index (χ1) is 12.2. The van der Waals surface area contributed by atoms with Crippen LogP contribution in [0.1, 0.15) is 42.5 Å². The fraction of sp³-hybridized carbons (Fsp3) is 0.350. The van der Waals surface area contributed by atoms with E-state index in [1.165, 1.54) is 24.3 Å². The summed E-state index contributed by atoms with van der Waals surface area (Å²) >= 11 is 0. The maximum absolute atomic E-state index is 13.3. The number of rotatable bonds is 2. The van der Waals surface area contributed by atoms with Gasteiger partial charge in [-0.1, -0.05) is 35.8 Å². The topological polar surface area (TPSA) is 44.6 Å². The number of nitrogens with zero attached hydrogens (tertiary/aromatic N) is 1. The normalized spacial score (nSPS) is 28.6. The Kier molecular flexibility index (Phi) is 4.25. The molecule has 1 saturated heterocycles. The van der Waals surface area contributed by atoms with Crippen LogP contribution in [0.3, 0.4) is 0 Å². The second-order valence-corrected chi connectivity index (χ2v) is 6.89. The summed E-state index contributed by atoms with van der Waals surface area (Å²) in [5.74, 6) is -0.365. The third-order valence-electron chi connectivity index (χ3n) is 5.53. The SMILES string of the molecule is ON=C1C2CCCC1C(c1ccc(F)cc1)NC2c1ccc(F)cc1. The predicted octanol–water partition coefficient (Wildman–Crippen LogP) is 4.60. The molecule has 1 aliphatic carbocycles. The van der Waals surface area contributed by atoms with Crippen molar-refractivity contribution in [2.24, 2.45) is 17.0 Å². The molecule has 2 aromatic carbocycles. The molecule has 0 amide bonds. The minimum absolute atomic E-state index is 0.0573. The van der Waals surface area contributed by atoms with E-state index in [1.54, 1.807) is 24.3 Å². The van der Waals surface area contributed by atoms with Gasteiger partial charge in [-0.3, -0.25) is 0 Å². The first-order valence-corrected chi connectivity index (χ1v) is 8.66. The van der Waals surface area contributed by atoms with Gasteiger partial charge in [0.05, 0.1) is 5.71 Å². The maximum Gasteiger partial charge on any atom is 0.123 e. The molecule has 0 spiro atoms. The van der Waals surface area contributed by atoms with Crippen LogP contribution in [0, 0.1) is 23.5 Å². The minimum Gasteiger partial charge on any atom is -0.411 e. The number of hydrogen-bond acceptors (Lipinski definition) is 3. The van der Waals surface area contributed by atoms with Crippen LogP contribution < -0.4 is 5.32 Å². The Morgan fingerprint density at radius 2 is 1.24 bits per heavy atom. The summed E-state index contributed by atoms with van der Waals surface area (Å²) in [6, 6.07) is 12.8. The lowest BCUT2D eigenvalue weighted by Gasteiger charge is -2.46. The molecule has 1 saturated carbocycles. The molecule has 2 aromatic rings. The largest absolute Gasteiger partial charge is 0.411 e. The van der Waals surface area contributed by atoms with Crippen molar-refractivity contribution < 1.29 is 14.0 Å². The maximum atomic E-state index is 13.3. The number of piperidine rings is 1. The fourth-order valence-corrected chi connectivity index (χ4v) is 4.37. The van der Waals surface area contributed by atoms with Crippen molar-refractivity contribution in [1.82, 2.24) is 5.32 Å². The van der Waals surface area contributed by atoms with E-state index in [9.17, 15) is 14.0 Å². The van der Waals surface area contributed by atoms with Gasteiger partial charge in [0.1, 0.15) is 11.6 Å². The summed E-state index contributed by atoms with van der Waals surface area (Å²) in [5.41, 5.74) is 2.74. The predicted molar refractivity (Wildman–Crippen MR) is 91.5 cm³/mol. The van der Waals surface area contributed by atoms with E-state index in [2.05, 4.69) is 10.5 Å². The lowest BCUT2D eigenvalue weighted by Crippen LogP contribution is -2.50. The lowest BCUT2D eigenvalue weighted by atomic mass is 9.67. The number of nitrogens with one attached hydrogen (secondary N) is 1. The van der Waals surface area contributed by atoms with Gasteiger partial charge < -0.3 is 10.5 Å². The minimum atomic E-state index is -0.271. The smallest absolute Gasteiger partial charge is 0.123 e. The third kappa shape index (κ3) is 2.93. The van der Waals surface area contributed by atoms with Crippen LogP contribution >= 0.6 is 0 Å². The number of hydrogen-bond donors (Lipinski definition) is 2. The van der Waals surface area contributed by atoms with Gasteiger partial charge in [0.15, 0.2) is 0 Å². The zero-order valence-electron chi connectivity index (χ0n) is 13.7. The Labute approximate surface area is 145 Å². The highest BCUT2D eigenvalue weighted by Gasteiger charge is 2.45. The molecule has 1 aliphatic heterocycles. The van der Waals surface area contributed by atoms with E-state index in [-0.39, 0.29) is 35.6 Å². The van der Waals surface area contributed by atoms with Crippen LogP contribution in [0.15, 0.2) is 53.7 Å². The first-order valence-electron chi connectivity index (χ1n) is 8.66. The molecular weight excluding hydrogens is 322 g/mol. The van der Waals surface area contributed by atoms with Crippen LogP contribution in [-0.2, 0) is 0 Å². The Hall–Kier alpha value is -2.27. The van der Waals surface area contributed by atoms with Gasteiger partial charge in [0, 0.05) is 23.9 Å². The van der Waals surface area contributed by atoms with E-state index in [0.717, 1.165) is 36.1 Å². The van der Waals surface area contributed by atoms with Gasteiger partial charge in [0.25, 0.3) is 0 Å². The molecule has 3 nitrogen and oxygen atoms in total. The van der Waals surface area contributed by atoms with Crippen molar-refractivity contribution in [1.29, 1.82) is 0 Å². The molecule has 4 unspecified atom stereocenters. The molecule has 2 fully saturated rings. The Morgan fingerprint density at radius 1 is 0.800 bits per heavy atom. The summed E-state index contributed by atoms with van der Waals surface area (Å²) in [4.78, 5) is 0. The molecule has 4 rings (SSSR count). The Bertz CT molecular complexity index is 712. The lowest BCUT2D eigenvalue weighted by molar-refractivity contribution is 0.214. The standard InChI is InChI=1S/C20H20F2N2O/c21-14-8-4-12(5-9-14)18-16-2-1-3-17(20(16)24-25)19(23-18)13-6-10-15(22)11-7-13/h4-11,16-19,23,25H,1-3H2. The molecule has 2 aliphatic rings. The van der Waals surface area contributed by atoms with Gasteiger partial charge >= 0.3 is 0 Å². The van der Waals surface area contributed by atoms with Crippen molar-refractivity contribution >= 4 is 5.71 Å². The molecule has 4 atom stereocenters. The van der Waals surface area contributed by atoms with Crippen LogP contribution in [0.25, 0.3) is 0 Å². The summed E-state index contributed by atoms with van der Waals surface area (Å²) in [6.45, 7) is 0. The average Bonchev–Trinajstić information content (AvgIpc) is 2.63. The second-order valence-electron chi connectivity index (χ2n) is 6.89. The molecule has 25 heavy (non-hydrogen) atoms. The third-order valence-corrected chi connectivity index (χ3v) is 5.53. The van der Waals surface area contributed by atoms with Gasteiger partial charge in [-0.2, -0.15) is 0 Å². The number of benzene rings is 2. The molecule has 2 N–H and O–H groups in total. The van der Waals surface area contributed by atoms with E-state index in [0.29, 0.717) is 0 Å². The van der Waals surface area contributed by atoms with Crippen molar-refractivity contribution in [2.45, 2.75) is 31.3 Å². The zero-order valence-corrected chi connectivity index (χ0v) is 13.7. The molecule has 0 aromatic heterocycles. The first kappa shape index (κ1) is 16.2. The number of oxime groups is 1. The van der Waals surface area contributed by atoms with Gasteiger partial charge in [-0.05, 0) is 48.2 Å². The highest BCUT2D eigenvalue weighted by Crippen LogP contribution is 2.46. The van der Waals surface area contributed by atoms with Crippen molar-refractivity contribution in [2.75, 3.05) is 0 Å². The average molecular weight is 342 g/mol. The molecule has 130 valence electrons. The van der Waals surface area contributed by atoms with Crippen LogP contribution in [0.5, 0.6) is 0 Å². The molecule has 1 heterocycles. The molecular formula is C20H20F2N2O. The Morgan fingerprint density at radius 3 is 1.64 bits per heavy atom. The van der Waals surface area contributed by atoms with Crippen LogP contribution in [-0.4, -0.2) is 10.9 Å².